The molecule has 3 heterocycles. The molecule has 1 fully saturated rings. The highest BCUT2D eigenvalue weighted by Gasteiger charge is 2.36. The predicted molar refractivity (Wildman–Crippen MR) is 91.7 cm³/mol. The van der Waals surface area contributed by atoms with E-state index in [2.05, 4.69) is 15.2 Å². The molecule has 0 spiro atoms. The summed E-state index contributed by atoms with van der Waals surface area (Å²) in [7, 11) is 1.75. The first-order chi connectivity index (χ1) is 12.6. The van der Waals surface area contributed by atoms with Gasteiger partial charge < -0.3 is 14.2 Å². The fraction of sp³-hybridized carbons (Fsp3) is 0.333. The summed E-state index contributed by atoms with van der Waals surface area (Å²) in [4.78, 5) is 18.5. The SMILES string of the molecule is Cc1ccc(OCc2nc(C3CN(C(=O)c4ccnn4C)C3)no2)cc1. The average Bonchev–Trinajstić information content (AvgIpc) is 3.22. The highest BCUT2D eigenvalue weighted by molar-refractivity contribution is 5.93. The number of carbonyl (C=O) groups excluding carboxylic acids is 1. The van der Waals surface area contributed by atoms with Gasteiger partial charge in [0.05, 0.1) is 5.92 Å². The van der Waals surface area contributed by atoms with Gasteiger partial charge in [0.15, 0.2) is 12.4 Å². The molecule has 0 bridgehead atoms. The van der Waals surface area contributed by atoms with Gasteiger partial charge >= 0.3 is 0 Å². The smallest absolute Gasteiger partial charge is 0.272 e. The minimum absolute atomic E-state index is 0.0346. The normalized spacial score (nSPS) is 14.3. The molecular formula is C18H19N5O3. The topological polar surface area (TPSA) is 86.3 Å². The Morgan fingerprint density at radius 1 is 1.27 bits per heavy atom. The van der Waals surface area contributed by atoms with E-state index in [4.69, 9.17) is 9.26 Å². The zero-order valence-corrected chi connectivity index (χ0v) is 14.6. The highest BCUT2D eigenvalue weighted by Crippen LogP contribution is 2.26. The molecule has 1 aliphatic heterocycles. The van der Waals surface area contributed by atoms with E-state index in [0.717, 1.165) is 5.75 Å². The summed E-state index contributed by atoms with van der Waals surface area (Å²) >= 11 is 0. The quantitative estimate of drug-likeness (QED) is 0.697. The van der Waals surface area contributed by atoms with Crippen LogP contribution in [0.1, 0.15) is 33.7 Å². The number of rotatable bonds is 5. The Balaban J connectivity index is 1.31. The largest absolute Gasteiger partial charge is 0.484 e. The maximum Gasteiger partial charge on any atom is 0.272 e. The molecule has 8 heteroatoms. The van der Waals surface area contributed by atoms with Crippen molar-refractivity contribution in [3.8, 4) is 5.75 Å². The van der Waals surface area contributed by atoms with Crippen LogP contribution in [0.15, 0.2) is 41.1 Å². The first kappa shape index (κ1) is 16.3. The van der Waals surface area contributed by atoms with Gasteiger partial charge in [-0.25, -0.2) is 0 Å². The van der Waals surface area contributed by atoms with Crippen LogP contribution in [0.4, 0.5) is 0 Å². The van der Waals surface area contributed by atoms with E-state index in [1.54, 1.807) is 28.9 Å². The number of benzene rings is 1. The number of aromatic nitrogens is 4. The van der Waals surface area contributed by atoms with Crippen molar-refractivity contribution in [1.82, 2.24) is 24.8 Å². The van der Waals surface area contributed by atoms with Crippen LogP contribution in [0.5, 0.6) is 5.75 Å². The van der Waals surface area contributed by atoms with Crippen LogP contribution in [0.25, 0.3) is 0 Å². The molecule has 0 unspecified atom stereocenters. The summed E-state index contributed by atoms with van der Waals surface area (Å²) in [5.41, 5.74) is 1.75. The van der Waals surface area contributed by atoms with Crippen molar-refractivity contribution in [2.45, 2.75) is 19.4 Å². The van der Waals surface area contributed by atoms with Crippen LogP contribution < -0.4 is 4.74 Å². The Hall–Kier alpha value is -3.16. The van der Waals surface area contributed by atoms with E-state index in [9.17, 15) is 4.79 Å². The van der Waals surface area contributed by atoms with Gasteiger partial charge in [-0.15, -0.1) is 0 Å². The third-order valence-electron chi connectivity index (χ3n) is 4.44. The van der Waals surface area contributed by atoms with Crippen LogP contribution in [-0.2, 0) is 13.7 Å². The van der Waals surface area contributed by atoms with Crippen LogP contribution in [0.3, 0.4) is 0 Å². The fourth-order valence-electron chi connectivity index (χ4n) is 2.83. The lowest BCUT2D eigenvalue weighted by Crippen LogP contribution is -2.49. The van der Waals surface area contributed by atoms with E-state index in [-0.39, 0.29) is 18.4 Å². The van der Waals surface area contributed by atoms with Crippen LogP contribution in [-0.4, -0.2) is 43.8 Å². The van der Waals surface area contributed by atoms with Crippen LogP contribution in [0, 0.1) is 6.92 Å². The van der Waals surface area contributed by atoms with Gasteiger partial charge in [-0.3, -0.25) is 9.48 Å². The fourth-order valence-corrected chi connectivity index (χ4v) is 2.83. The molecule has 1 saturated heterocycles. The van der Waals surface area contributed by atoms with Gasteiger partial charge in [0.25, 0.3) is 11.8 Å². The molecule has 0 atom stereocenters. The summed E-state index contributed by atoms with van der Waals surface area (Å²) in [6, 6.07) is 9.49. The number of nitrogens with zero attached hydrogens (tertiary/aromatic N) is 5. The van der Waals surface area contributed by atoms with Gasteiger partial charge in [0.2, 0.25) is 0 Å². The molecule has 8 nitrogen and oxygen atoms in total. The number of likely N-dealkylation sites (tertiary alicyclic amines) is 1. The Kier molecular flexibility index (Phi) is 4.16. The minimum Gasteiger partial charge on any atom is -0.484 e. The Bertz CT molecular complexity index is 909. The number of aryl methyl sites for hydroxylation is 2. The number of ether oxygens (including phenoxy) is 1. The number of hydrogen-bond donors (Lipinski definition) is 0. The molecule has 0 N–H and O–H groups in total. The molecular weight excluding hydrogens is 334 g/mol. The summed E-state index contributed by atoms with van der Waals surface area (Å²) in [5, 5.41) is 8.04. The maximum atomic E-state index is 12.4. The standard InChI is InChI=1S/C18H19N5O3/c1-12-3-5-14(6-4-12)25-11-16-20-17(21-26-16)13-9-23(10-13)18(24)15-7-8-19-22(15)2/h3-8,13H,9-11H2,1-2H3. The Labute approximate surface area is 150 Å². The predicted octanol–water partition coefficient (Wildman–Crippen LogP) is 1.93. The van der Waals surface area contributed by atoms with Crippen molar-refractivity contribution in [1.29, 1.82) is 0 Å². The zero-order chi connectivity index (χ0) is 18.1. The molecule has 4 rings (SSSR count). The molecule has 2 aromatic heterocycles. The summed E-state index contributed by atoms with van der Waals surface area (Å²) in [6.07, 6.45) is 1.62. The Morgan fingerprint density at radius 2 is 2.04 bits per heavy atom. The van der Waals surface area contributed by atoms with E-state index in [0.29, 0.717) is 30.5 Å². The molecule has 1 amide bonds. The first-order valence-electron chi connectivity index (χ1n) is 8.39. The van der Waals surface area contributed by atoms with Crippen molar-refractivity contribution >= 4 is 5.91 Å². The molecule has 0 aliphatic carbocycles. The van der Waals surface area contributed by atoms with Gasteiger partial charge in [0.1, 0.15) is 11.4 Å². The second-order valence-electron chi connectivity index (χ2n) is 6.40. The van der Waals surface area contributed by atoms with Crippen molar-refractivity contribution in [2.75, 3.05) is 13.1 Å². The van der Waals surface area contributed by atoms with Crippen molar-refractivity contribution < 1.29 is 14.1 Å². The van der Waals surface area contributed by atoms with Crippen molar-refractivity contribution in [3.05, 3.63) is 59.5 Å². The van der Waals surface area contributed by atoms with E-state index >= 15 is 0 Å². The van der Waals surface area contributed by atoms with E-state index < -0.39 is 0 Å². The molecule has 3 aromatic rings. The third kappa shape index (κ3) is 3.17. The van der Waals surface area contributed by atoms with Gasteiger partial charge in [-0.2, -0.15) is 10.1 Å². The van der Waals surface area contributed by atoms with Crippen molar-refractivity contribution in [3.63, 3.8) is 0 Å². The zero-order valence-electron chi connectivity index (χ0n) is 14.6. The number of amides is 1. The summed E-state index contributed by atoms with van der Waals surface area (Å²) in [5.74, 6) is 1.85. The second-order valence-corrected chi connectivity index (χ2v) is 6.40. The maximum absolute atomic E-state index is 12.4. The Morgan fingerprint density at radius 3 is 2.73 bits per heavy atom. The monoisotopic (exact) mass is 353 g/mol. The van der Waals surface area contributed by atoms with E-state index in [1.165, 1.54) is 5.56 Å². The van der Waals surface area contributed by atoms with Crippen molar-refractivity contribution in [2.24, 2.45) is 7.05 Å². The molecule has 26 heavy (non-hydrogen) atoms. The number of carbonyl (C=O) groups is 1. The average molecular weight is 353 g/mol. The van der Waals surface area contributed by atoms with Crippen LogP contribution in [0.2, 0.25) is 0 Å². The first-order valence-corrected chi connectivity index (χ1v) is 8.39. The van der Waals surface area contributed by atoms with Crippen LogP contribution >= 0.6 is 0 Å². The van der Waals surface area contributed by atoms with E-state index in [1.807, 2.05) is 31.2 Å². The summed E-state index contributed by atoms with van der Waals surface area (Å²) < 4.78 is 12.5. The molecule has 0 saturated carbocycles. The van der Waals surface area contributed by atoms with Gasteiger partial charge in [-0.05, 0) is 25.1 Å². The van der Waals surface area contributed by atoms with Gasteiger partial charge in [-0.1, -0.05) is 22.9 Å². The third-order valence-corrected chi connectivity index (χ3v) is 4.44. The molecule has 1 aromatic carbocycles. The molecule has 134 valence electrons. The molecule has 0 radical (unpaired) electrons. The summed E-state index contributed by atoms with van der Waals surface area (Å²) in [6.45, 7) is 3.39. The lowest BCUT2D eigenvalue weighted by Gasteiger charge is -2.37. The van der Waals surface area contributed by atoms with Gasteiger partial charge in [0, 0.05) is 26.3 Å². The molecule has 1 aliphatic rings. The second kappa shape index (κ2) is 6.62. The lowest BCUT2D eigenvalue weighted by atomic mass is 9.99. The lowest BCUT2D eigenvalue weighted by molar-refractivity contribution is 0.0581. The number of hydrogen-bond acceptors (Lipinski definition) is 6. The highest BCUT2D eigenvalue weighted by atomic mass is 16.5. The minimum atomic E-state index is -0.0346.